The lowest BCUT2D eigenvalue weighted by Gasteiger charge is -2.14. The molecule has 1 aromatic rings. The Labute approximate surface area is 113 Å². The first kappa shape index (κ1) is 16.2. The number of carbonyl (C=O) groups excluding carboxylic acids is 1. The molecule has 1 aromatic heterocycles. The highest BCUT2D eigenvalue weighted by molar-refractivity contribution is 5.72. The molecule has 0 saturated heterocycles. The average molecular weight is 292 g/mol. The van der Waals surface area contributed by atoms with Gasteiger partial charge in [0.05, 0.1) is 18.7 Å². The maximum atomic E-state index is 12.3. The third kappa shape index (κ3) is 4.69. The molecule has 0 aliphatic heterocycles. The number of hydrogen-bond donors (Lipinski definition) is 1. The van der Waals surface area contributed by atoms with Gasteiger partial charge in [-0.15, -0.1) is 13.2 Å². The quantitative estimate of drug-likeness (QED) is 0.838. The van der Waals surface area contributed by atoms with E-state index < -0.39 is 18.2 Å². The van der Waals surface area contributed by atoms with Crippen molar-refractivity contribution in [3.63, 3.8) is 0 Å². The summed E-state index contributed by atoms with van der Waals surface area (Å²) in [6.45, 7) is 3.24. The molecule has 0 atom stereocenters. The Morgan fingerprint density at radius 2 is 2.10 bits per heavy atom. The van der Waals surface area contributed by atoms with E-state index >= 15 is 0 Å². The second kappa shape index (κ2) is 6.56. The molecule has 0 aliphatic rings. The monoisotopic (exact) mass is 292 g/mol. The van der Waals surface area contributed by atoms with Gasteiger partial charge in [0.15, 0.2) is 0 Å². The molecule has 0 radical (unpaired) electrons. The van der Waals surface area contributed by atoms with Gasteiger partial charge in [0.2, 0.25) is 5.88 Å². The van der Waals surface area contributed by atoms with Crippen LogP contribution in [0.5, 0.6) is 5.88 Å². The number of nitrogens with two attached hydrogens (primary N) is 1. The van der Waals surface area contributed by atoms with E-state index in [2.05, 4.69) is 9.72 Å². The van der Waals surface area contributed by atoms with Crippen molar-refractivity contribution in [2.75, 3.05) is 6.61 Å². The summed E-state index contributed by atoms with van der Waals surface area (Å²) in [4.78, 5) is 15.0. The fourth-order valence-corrected chi connectivity index (χ4v) is 1.56. The Morgan fingerprint density at radius 1 is 1.45 bits per heavy atom. The number of ether oxygens (including phenoxy) is 2. The number of nitrogens with zero attached hydrogens (tertiary/aromatic N) is 1. The van der Waals surface area contributed by atoms with Gasteiger partial charge in [0.25, 0.3) is 0 Å². The standard InChI is InChI=1S/C12H15F3N2O3/c1-3-19-10(18)5-9-4-8(6-16)7(2)11(17-9)20-12(13,14)15/h4H,3,5-6,16H2,1-2H3. The zero-order valence-corrected chi connectivity index (χ0v) is 11.1. The van der Waals surface area contributed by atoms with E-state index in [4.69, 9.17) is 10.5 Å². The highest BCUT2D eigenvalue weighted by Gasteiger charge is 2.33. The Morgan fingerprint density at radius 3 is 2.60 bits per heavy atom. The molecule has 1 heterocycles. The van der Waals surface area contributed by atoms with Gasteiger partial charge < -0.3 is 15.2 Å². The van der Waals surface area contributed by atoms with E-state index in [0.717, 1.165) is 0 Å². The number of hydrogen-bond acceptors (Lipinski definition) is 5. The summed E-state index contributed by atoms with van der Waals surface area (Å²) in [6, 6.07) is 1.47. The number of alkyl halides is 3. The van der Waals surface area contributed by atoms with Crippen LogP contribution in [-0.4, -0.2) is 23.9 Å². The second-order valence-corrected chi connectivity index (χ2v) is 3.94. The molecule has 0 bridgehead atoms. The summed E-state index contributed by atoms with van der Waals surface area (Å²) >= 11 is 0. The van der Waals surface area contributed by atoms with Crippen LogP contribution in [0.3, 0.4) is 0 Å². The predicted molar refractivity (Wildman–Crippen MR) is 63.9 cm³/mol. The predicted octanol–water partition coefficient (Wildman–Crippen LogP) is 1.85. The van der Waals surface area contributed by atoms with Crippen molar-refractivity contribution in [1.29, 1.82) is 0 Å². The van der Waals surface area contributed by atoms with Gasteiger partial charge in [0.1, 0.15) is 0 Å². The van der Waals surface area contributed by atoms with Gasteiger partial charge in [-0.3, -0.25) is 4.79 Å². The molecule has 20 heavy (non-hydrogen) atoms. The van der Waals surface area contributed by atoms with Crippen molar-refractivity contribution >= 4 is 5.97 Å². The zero-order valence-electron chi connectivity index (χ0n) is 11.1. The largest absolute Gasteiger partial charge is 0.574 e. The third-order valence-corrected chi connectivity index (χ3v) is 2.45. The molecule has 0 aliphatic carbocycles. The van der Waals surface area contributed by atoms with E-state index in [0.29, 0.717) is 5.56 Å². The van der Waals surface area contributed by atoms with Gasteiger partial charge in [0, 0.05) is 12.1 Å². The minimum atomic E-state index is -4.85. The lowest BCUT2D eigenvalue weighted by molar-refractivity contribution is -0.276. The number of rotatable bonds is 5. The summed E-state index contributed by atoms with van der Waals surface area (Å²) in [6.07, 6.45) is -5.10. The maximum Gasteiger partial charge on any atom is 0.574 e. The highest BCUT2D eigenvalue weighted by Crippen LogP contribution is 2.27. The van der Waals surface area contributed by atoms with Gasteiger partial charge >= 0.3 is 12.3 Å². The summed E-state index contributed by atoms with van der Waals surface area (Å²) in [7, 11) is 0. The summed E-state index contributed by atoms with van der Waals surface area (Å²) in [5.41, 5.74) is 6.20. The van der Waals surface area contributed by atoms with Crippen molar-refractivity contribution in [2.45, 2.75) is 33.2 Å². The Bertz CT molecular complexity index is 490. The number of aromatic nitrogens is 1. The molecular weight excluding hydrogens is 277 g/mol. The summed E-state index contributed by atoms with van der Waals surface area (Å²) < 4.78 is 45.4. The lowest BCUT2D eigenvalue weighted by Crippen LogP contribution is -2.20. The van der Waals surface area contributed by atoms with Crippen LogP contribution in [0.25, 0.3) is 0 Å². The van der Waals surface area contributed by atoms with E-state index in [1.165, 1.54) is 13.0 Å². The smallest absolute Gasteiger partial charge is 0.466 e. The zero-order chi connectivity index (χ0) is 15.3. The first-order valence-corrected chi connectivity index (χ1v) is 5.87. The molecule has 1 rings (SSSR count). The number of carbonyl (C=O) groups is 1. The lowest BCUT2D eigenvalue weighted by atomic mass is 10.1. The normalized spacial score (nSPS) is 11.3. The molecule has 0 spiro atoms. The maximum absolute atomic E-state index is 12.3. The van der Waals surface area contributed by atoms with Crippen LogP contribution in [0.2, 0.25) is 0 Å². The molecule has 2 N–H and O–H groups in total. The molecule has 8 heteroatoms. The molecule has 0 fully saturated rings. The molecular formula is C12H15F3N2O3. The minimum Gasteiger partial charge on any atom is -0.466 e. The topological polar surface area (TPSA) is 74.4 Å². The fraction of sp³-hybridized carbons (Fsp3) is 0.500. The van der Waals surface area contributed by atoms with Crippen molar-refractivity contribution in [1.82, 2.24) is 4.98 Å². The molecule has 0 aromatic carbocycles. The minimum absolute atomic E-state index is 0.0123. The number of pyridine rings is 1. The molecule has 5 nitrogen and oxygen atoms in total. The molecule has 112 valence electrons. The molecule has 0 saturated carbocycles. The van der Waals surface area contributed by atoms with Gasteiger partial charge in [-0.25, -0.2) is 4.98 Å². The van der Waals surface area contributed by atoms with E-state index in [1.54, 1.807) is 6.92 Å². The van der Waals surface area contributed by atoms with Crippen LogP contribution in [0.4, 0.5) is 13.2 Å². The molecule has 0 amide bonds. The average Bonchev–Trinajstić information content (AvgIpc) is 2.31. The number of esters is 1. The van der Waals surface area contributed by atoms with E-state index in [9.17, 15) is 18.0 Å². The van der Waals surface area contributed by atoms with Crippen LogP contribution in [0.15, 0.2) is 6.07 Å². The highest BCUT2D eigenvalue weighted by atomic mass is 19.4. The summed E-state index contributed by atoms with van der Waals surface area (Å²) in [5, 5.41) is 0. The third-order valence-electron chi connectivity index (χ3n) is 2.45. The van der Waals surface area contributed by atoms with Gasteiger partial charge in [-0.2, -0.15) is 0 Å². The van der Waals surface area contributed by atoms with Crippen LogP contribution in [0.1, 0.15) is 23.7 Å². The molecule has 0 unspecified atom stereocenters. The van der Waals surface area contributed by atoms with Crippen molar-refractivity contribution in [2.24, 2.45) is 5.73 Å². The van der Waals surface area contributed by atoms with Crippen molar-refractivity contribution in [3.05, 3.63) is 22.9 Å². The Kier molecular flexibility index (Phi) is 5.32. The van der Waals surface area contributed by atoms with Crippen LogP contribution >= 0.6 is 0 Å². The number of halogens is 3. The summed E-state index contributed by atoms with van der Waals surface area (Å²) in [5.74, 6) is -1.18. The van der Waals surface area contributed by atoms with Crippen LogP contribution in [0, 0.1) is 6.92 Å². The Hall–Kier alpha value is -1.83. The second-order valence-electron chi connectivity index (χ2n) is 3.94. The fourth-order valence-electron chi connectivity index (χ4n) is 1.56. The first-order valence-electron chi connectivity index (χ1n) is 5.87. The van der Waals surface area contributed by atoms with Crippen LogP contribution in [-0.2, 0) is 22.5 Å². The van der Waals surface area contributed by atoms with Gasteiger partial charge in [-0.05, 0) is 25.5 Å². The van der Waals surface area contributed by atoms with Crippen molar-refractivity contribution < 1.29 is 27.4 Å². The Balaban J connectivity index is 3.08. The van der Waals surface area contributed by atoms with Crippen molar-refractivity contribution in [3.8, 4) is 5.88 Å². The SMILES string of the molecule is CCOC(=O)Cc1cc(CN)c(C)c(OC(F)(F)F)n1. The van der Waals surface area contributed by atoms with Crippen LogP contribution < -0.4 is 10.5 Å². The van der Waals surface area contributed by atoms with Gasteiger partial charge in [-0.1, -0.05) is 0 Å². The van der Waals surface area contributed by atoms with E-state index in [1.807, 2.05) is 0 Å². The first-order chi connectivity index (χ1) is 9.26. The van der Waals surface area contributed by atoms with E-state index in [-0.39, 0.29) is 30.8 Å².